The third-order valence-electron chi connectivity index (χ3n) is 3.48. The number of pyridine rings is 2. The Hall–Kier alpha value is -3.41. The average Bonchev–Trinajstić information content (AvgIpc) is 2.62. The molecular formula is C18H12FN5. The molecule has 0 aliphatic rings. The van der Waals surface area contributed by atoms with Gasteiger partial charge in [0.15, 0.2) is 11.5 Å². The standard InChI is InChI=1S/C18H12FN5/c19-13-5-1-6-14(10-13)22-18-15-7-3-9-21-17(15)23-16(24-18)12-4-2-8-20-11-12/h1-11H,(H,21,22,23,24). The lowest BCUT2D eigenvalue weighted by molar-refractivity contribution is 0.628. The Kier molecular flexibility index (Phi) is 3.55. The van der Waals surface area contributed by atoms with Crippen LogP contribution >= 0.6 is 0 Å². The van der Waals surface area contributed by atoms with Gasteiger partial charge in [-0.2, -0.15) is 0 Å². The zero-order valence-electron chi connectivity index (χ0n) is 12.5. The molecule has 4 aromatic rings. The quantitative estimate of drug-likeness (QED) is 0.619. The first-order valence-electron chi connectivity index (χ1n) is 7.35. The molecule has 0 bridgehead atoms. The van der Waals surface area contributed by atoms with E-state index in [4.69, 9.17) is 0 Å². The number of benzene rings is 1. The zero-order chi connectivity index (χ0) is 16.4. The number of aromatic nitrogens is 4. The van der Waals surface area contributed by atoms with Gasteiger partial charge in [-0.25, -0.2) is 19.3 Å². The molecule has 0 saturated heterocycles. The zero-order valence-corrected chi connectivity index (χ0v) is 12.5. The first kappa shape index (κ1) is 14.2. The Labute approximate surface area is 137 Å². The van der Waals surface area contributed by atoms with Gasteiger partial charge < -0.3 is 5.32 Å². The number of hydrogen-bond acceptors (Lipinski definition) is 5. The molecule has 0 spiro atoms. The molecule has 0 saturated carbocycles. The van der Waals surface area contributed by atoms with Crippen molar-refractivity contribution in [3.05, 3.63) is 72.9 Å². The van der Waals surface area contributed by atoms with E-state index in [2.05, 4.69) is 25.3 Å². The number of fused-ring (bicyclic) bond motifs is 1. The molecule has 0 fully saturated rings. The Morgan fingerprint density at radius 3 is 2.67 bits per heavy atom. The number of halogens is 1. The van der Waals surface area contributed by atoms with Gasteiger partial charge in [-0.1, -0.05) is 6.07 Å². The third kappa shape index (κ3) is 2.77. The lowest BCUT2D eigenvalue weighted by Gasteiger charge is -2.10. The molecular weight excluding hydrogens is 305 g/mol. The largest absolute Gasteiger partial charge is 0.339 e. The van der Waals surface area contributed by atoms with E-state index in [-0.39, 0.29) is 5.82 Å². The summed E-state index contributed by atoms with van der Waals surface area (Å²) < 4.78 is 13.4. The van der Waals surface area contributed by atoms with E-state index in [1.807, 2.05) is 24.3 Å². The van der Waals surface area contributed by atoms with Crippen molar-refractivity contribution in [2.45, 2.75) is 0 Å². The van der Waals surface area contributed by atoms with Crippen LogP contribution in [-0.4, -0.2) is 19.9 Å². The van der Waals surface area contributed by atoms with Crippen LogP contribution in [0.25, 0.3) is 22.4 Å². The molecule has 4 rings (SSSR count). The van der Waals surface area contributed by atoms with Crippen LogP contribution in [0.5, 0.6) is 0 Å². The monoisotopic (exact) mass is 317 g/mol. The van der Waals surface area contributed by atoms with E-state index in [0.717, 1.165) is 10.9 Å². The summed E-state index contributed by atoms with van der Waals surface area (Å²) in [6.45, 7) is 0. The van der Waals surface area contributed by atoms with Crippen LogP contribution in [0.3, 0.4) is 0 Å². The van der Waals surface area contributed by atoms with Crippen LogP contribution in [-0.2, 0) is 0 Å². The maximum absolute atomic E-state index is 13.4. The minimum Gasteiger partial charge on any atom is -0.339 e. The normalized spacial score (nSPS) is 10.7. The fourth-order valence-electron chi connectivity index (χ4n) is 2.38. The molecule has 1 N–H and O–H groups in total. The van der Waals surface area contributed by atoms with Crippen molar-refractivity contribution in [2.24, 2.45) is 0 Å². The molecule has 0 aliphatic heterocycles. The van der Waals surface area contributed by atoms with Crippen LogP contribution in [0.15, 0.2) is 67.1 Å². The predicted octanol–water partition coefficient (Wildman–Crippen LogP) is 3.97. The summed E-state index contributed by atoms with van der Waals surface area (Å²) >= 11 is 0. The summed E-state index contributed by atoms with van der Waals surface area (Å²) in [5.74, 6) is 0.759. The number of anilines is 2. The number of nitrogens with one attached hydrogen (secondary N) is 1. The van der Waals surface area contributed by atoms with E-state index < -0.39 is 0 Å². The predicted molar refractivity (Wildman–Crippen MR) is 90.2 cm³/mol. The molecule has 5 nitrogen and oxygen atoms in total. The molecule has 0 aliphatic carbocycles. The molecule has 0 amide bonds. The van der Waals surface area contributed by atoms with Crippen molar-refractivity contribution in [1.29, 1.82) is 0 Å². The van der Waals surface area contributed by atoms with Gasteiger partial charge in [-0.3, -0.25) is 4.98 Å². The van der Waals surface area contributed by atoms with Crippen molar-refractivity contribution in [1.82, 2.24) is 19.9 Å². The highest BCUT2D eigenvalue weighted by molar-refractivity contribution is 5.89. The van der Waals surface area contributed by atoms with E-state index in [1.165, 1.54) is 12.1 Å². The summed E-state index contributed by atoms with van der Waals surface area (Å²) in [5, 5.41) is 3.91. The van der Waals surface area contributed by atoms with Gasteiger partial charge in [0.1, 0.15) is 11.6 Å². The maximum Gasteiger partial charge on any atom is 0.165 e. The molecule has 116 valence electrons. The van der Waals surface area contributed by atoms with Gasteiger partial charge in [-0.15, -0.1) is 0 Å². The van der Waals surface area contributed by atoms with E-state index in [9.17, 15) is 4.39 Å². The number of rotatable bonds is 3. The average molecular weight is 317 g/mol. The van der Waals surface area contributed by atoms with Crippen LogP contribution in [0.1, 0.15) is 0 Å². The lowest BCUT2D eigenvalue weighted by atomic mass is 10.2. The fourth-order valence-corrected chi connectivity index (χ4v) is 2.38. The summed E-state index contributed by atoms with van der Waals surface area (Å²) in [5.41, 5.74) is 1.95. The molecule has 0 radical (unpaired) electrons. The number of nitrogens with zero attached hydrogens (tertiary/aromatic N) is 4. The van der Waals surface area contributed by atoms with Crippen LogP contribution in [0.2, 0.25) is 0 Å². The minimum atomic E-state index is -0.316. The Balaban J connectivity index is 1.86. The topological polar surface area (TPSA) is 63.6 Å². The fraction of sp³-hybridized carbons (Fsp3) is 0. The van der Waals surface area contributed by atoms with Crippen LogP contribution < -0.4 is 5.32 Å². The molecule has 0 atom stereocenters. The van der Waals surface area contributed by atoms with Gasteiger partial charge in [0.25, 0.3) is 0 Å². The second kappa shape index (κ2) is 6.00. The summed E-state index contributed by atoms with van der Waals surface area (Å²) in [4.78, 5) is 17.5. The van der Waals surface area contributed by atoms with Gasteiger partial charge in [0, 0.05) is 29.8 Å². The molecule has 0 unspecified atom stereocenters. The second-order valence-electron chi connectivity index (χ2n) is 5.15. The van der Waals surface area contributed by atoms with Crippen molar-refractivity contribution >= 4 is 22.5 Å². The van der Waals surface area contributed by atoms with E-state index >= 15 is 0 Å². The Morgan fingerprint density at radius 2 is 1.83 bits per heavy atom. The Bertz CT molecular complexity index is 1000. The van der Waals surface area contributed by atoms with Gasteiger partial charge in [0.2, 0.25) is 0 Å². The third-order valence-corrected chi connectivity index (χ3v) is 3.48. The minimum absolute atomic E-state index is 0.316. The Morgan fingerprint density at radius 1 is 0.917 bits per heavy atom. The van der Waals surface area contributed by atoms with Crippen LogP contribution in [0.4, 0.5) is 15.9 Å². The molecule has 1 aromatic carbocycles. The highest BCUT2D eigenvalue weighted by Gasteiger charge is 2.10. The van der Waals surface area contributed by atoms with E-state index in [0.29, 0.717) is 23.0 Å². The van der Waals surface area contributed by atoms with Crippen molar-refractivity contribution in [2.75, 3.05) is 5.32 Å². The van der Waals surface area contributed by atoms with Crippen molar-refractivity contribution in [3.8, 4) is 11.4 Å². The summed E-state index contributed by atoms with van der Waals surface area (Å²) in [6.07, 6.45) is 5.05. The summed E-state index contributed by atoms with van der Waals surface area (Å²) in [6, 6.07) is 13.6. The summed E-state index contributed by atoms with van der Waals surface area (Å²) in [7, 11) is 0. The molecule has 3 heterocycles. The molecule has 6 heteroatoms. The first-order valence-corrected chi connectivity index (χ1v) is 7.35. The smallest absolute Gasteiger partial charge is 0.165 e. The van der Waals surface area contributed by atoms with Gasteiger partial charge >= 0.3 is 0 Å². The number of hydrogen-bond donors (Lipinski definition) is 1. The lowest BCUT2D eigenvalue weighted by Crippen LogP contribution is -2.00. The first-order chi connectivity index (χ1) is 11.8. The van der Waals surface area contributed by atoms with E-state index in [1.54, 1.807) is 30.7 Å². The maximum atomic E-state index is 13.4. The second-order valence-corrected chi connectivity index (χ2v) is 5.15. The van der Waals surface area contributed by atoms with Crippen molar-refractivity contribution in [3.63, 3.8) is 0 Å². The highest BCUT2D eigenvalue weighted by atomic mass is 19.1. The van der Waals surface area contributed by atoms with Gasteiger partial charge in [0.05, 0.1) is 5.39 Å². The highest BCUT2D eigenvalue weighted by Crippen LogP contribution is 2.26. The van der Waals surface area contributed by atoms with Crippen LogP contribution in [0, 0.1) is 5.82 Å². The SMILES string of the molecule is Fc1cccc(Nc2nc(-c3cccnc3)nc3ncccc23)c1. The van der Waals surface area contributed by atoms with Crippen molar-refractivity contribution < 1.29 is 4.39 Å². The molecule has 24 heavy (non-hydrogen) atoms. The van der Waals surface area contributed by atoms with Gasteiger partial charge in [-0.05, 0) is 42.5 Å². The molecule has 3 aromatic heterocycles.